The van der Waals surface area contributed by atoms with Crippen molar-refractivity contribution in [2.45, 2.75) is 12.7 Å². The molecule has 3 aromatic rings. The molecule has 2 atom stereocenters. The number of benzene rings is 3. The second kappa shape index (κ2) is 9.46. The molecule has 0 radical (unpaired) electrons. The summed E-state index contributed by atoms with van der Waals surface area (Å²) >= 11 is 0. The van der Waals surface area contributed by atoms with Gasteiger partial charge in [-0.3, -0.25) is 14.2 Å². The van der Waals surface area contributed by atoms with Gasteiger partial charge in [-0.25, -0.2) is 0 Å². The molecule has 0 spiro atoms. The molecule has 0 bridgehead atoms. The quantitative estimate of drug-likeness (QED) is 0.447. The number of carbonyl (C=O) groups excluding carboxylic acids is 2. The van der Waals surface area contributed by atoms with Crippen LogP contribution in [-0.4, -0.2) is 24.1 Å². The average molecular weight is 407 g/mol. The molecule has 0 aliphatic rings. The van der Waals surface area contributed by atoms with E-state index in [1.165, 1.54) is 0 Å². The zero-order valence-corrected chi connectivity index (χ0v) is 16.9. The lowest BCUT2D eigenvalue weighted by Gasteiger charge is -2.27. The Bertz CT molecular complexity index is 1010. The van der Waals surface area contributed by atoms with Crippen molar-refractivity contribution in [1.29, 1.82) is 0 Å². The molecule has 6 heteroatoms. The van der Waals surface area contributed by atoms with Crippen LogP contribution >= 0.6 is 7.37 Å². The highest BCUT2D eigenvalue weighted by atomic mass is 31.2. The molecule has 5 nitrogen and oxygen atoms in total. The van der Waals surface area contributed by atoms with Crippen LogP contribution in [0.3, 0.4) is 0 Å². The Morgan fingerprint density at radius 2 is 1.31 bits per heavy atom. The van der Waals surface area contributed by atoms with Crippen molar-refractivity contribution in [2.75, 3.05) is 6.61 Å². The third-order valence-corrected chi connectivity index (χ3v) is 7.09. The number of hydrogen-bond acceptors (Lipinski definition) is 4. The van der Waals surface area contributed by atoms with Crippen LogP contribution in [0.4, 0.5) is 0 Å². The molecule has 1 amide bonds. The first-order chi connectivity index (χ1) is 14.1. The Balaban J connectivity index is 2.07. The third kappa shape index (κ3) is 4.70. The van der Waals surface area contributed by atoms with Gasteiger partial charge in [-0.2, -0.15) is 0 Å². The molecule has 1 N–H and O–H groups in total. The molecular weight excluding hydrogens is 385 g/mol. The summed E-state index contributed by atoms with van der Waals surface area (Å²) in [5, 5.41) is 3.06. The molecule has 0 aliphatic heterocycles. The van der Waals surface area contributed by atoms with Crippen molar-refractivity contribution in [1.82, 2.24) is 5.32 Å². The minimum absolute atomic E-state index is 0.131. The van der Waals surface area contributed by atoms with Gasteiger partial charge in [-0.05, 0) is 31.2 Å². The van der Waals surface area contributed by atoms with Crippen molar-refractivity contribution in [3.05, 3.63) is 102 Å². The van der Waals surface area contributed by atoms with Crippen LogP contribution in [0.5, 0.6) is 0 Å². The van der Waals surface area contributed by atoms with Crippen molar-refractivity contribution in [3.8, 4) is 0 Å². The number of rotatable bonds is 8. The monoisotopic (exact) mass is 407 g/mol. The molecule has 0 heterocycles. The SMILES string of the molecule is CCO[P@](=O)(c1ccccc1)[C@@H](NC(=O)c1ccccc1)C(=O)c1ccccc1. The van der Waals surface area contributed by atoms with Crippen molar-refractivity contribution >= 4 is 24.4 Å². The topological polar surface area (TPSA) is 72.5 Å². The predicted molar refractivity (Wildman–Crippen MR) is 114 cm³/mol. The largest absolute Gasteiger partial charge is 0.333 e. The third-order valence-electron chi connectivity index (χ3n) is 4.39. The first kappa shape index (κ1) is 20.7. The van der Waals surface area contributed by atoms with Crippen molar-refractivity contribution in [2.24, 2.45) is 0 Å². The Labute approximate surface area is 170 Å². The van der Waals surface area contributed by atoms with E-state index in [9.17, 15) is 14.2 Å². The van der Waals surface area contributed by atoms with E-state index in [1.807, 2.05) is 0 Å². The minimum atomic E-state index is -3.76. The summed E-state index contributed by atoms with van der Waals surface area (Å²) in [6.45, 7) is 1.84. The zero-order chi connectivity index (χ0) is 20.7. The fraction of sp³-hybridized carbons (Fsp3) is 0.130. The van der Waals surface area contributed by atoms with E-state index in [-0.39, 0.29) is 6.61 Å². The van der Waals surface area contributed by atoms with Gasteiger partial charge in [0.25, 0.3) is 13.3 Å². The number of Topliss-reactive ketones (excluding diaryl/α,β-unsaturated/α-hetero) is 1. The number of nitrogens with one attached hydrogen (secondary N) is 1. The van der Waals surface area contributed by atoms with Crippen LogP contribution in [-0.2, 0) is 9.09 Å². The summed E-state index contributed by atoms with van der Waals surface area (Å²) in [7, 11) is -3.76. The highest BCUT2D eigenvalue weighted by Gasteiger charge is 2.42. The second-order valence-corrected chi connectivity index (χ2v) is 8.81. The minimum Gasteiger partial charge on any atom is -0.333 e. The molecule has 0 saturated heterocycles. The molecule has 0 aromatic heterocycles. The van der Waals surface area contributed by atoms with Gasteiger partial charge in [0.1, 0.15) is 0 Å². The molecule has 3 rings (SSSR count). The van der Waals surface area contributed by atoms with Crippen LogP contribution < -0.4 is 10.6 Å². The number of hydrogen-bond donors (Lipinski definition) is 1. The highest BCUT2D eigenvalue weighted by molar-refractivity contribution is 7.68. The van der Waals surface area contributed by atoms with Crippen LogP contribution in [0.25, 0.3) is 0 Å². The van der Waals surface area contributed by atoms with E-state index >= 15 is 0 Å². The smallest absolute Gasteiger partial charge is 0.261 e. The van der Waals surface area contributed by atoms with Crippen molar-refractivity contribution in [3.63, 3.8) is 0 Å². The van der Waals surface area contributed by atoms with Crippen LogP contribution in [0, 0.1) is 0 Å². The summed E-state index contributed by atoms with van der Waals surface area (Å²) < 4.78 is 19.7. The van der Waals surface area contributed by atoms with Gasteiger partial charge in [0.15, 0.2) is 11.6 Å². The summed E-state index contributed by atoms with van der Waals surface area (Å²) in [5.41, 5.74) is 0.719. The second-order valence-electron chi connectivity index (χ2n) is 6.32. The fourth-order valence-electron chi connectivity index (χ4n) is 2.99. The maximum Gasteiger partial charge on any atom is 0.261 e. The van der Waals surface area contributed by atoms with E-state index in [2.05, 4.69) is 5.32 Å². The molecule has 148 valence electrons. The fourth-order valence-corrected chi connectivity index (χ4v) is 5.30. The van der Waals surface area contributed by atoms with E-state index in [1.54, 1.807) is 97.9 Å². The van der Waals surface area contributed by atoms with Crippen molar-refractivity contribution < 1.29 is 18.7 Å². The average Bonchev–Trinajstić information content (AvgIpc) is 2.78. The number of ketones is 1. The molecular formula is C23H22NO4P. The number of carbonyl (C=O) groups is 2. The molecule has 0 aliphatic carbocycles. The lowest BCUT2D eigenvalue weighted by molar-refractivity contribution is 0.0882. The van der Waals surface area contributed by atoms with Crippen LogP contribution in [0.2, 0.25) is 0 Å². The van der Waals surface area contributed by atoms with E-state index in [4.69, 9.17) is 4.52 Å². The molecule has 0 saturated carbocycles. The molecule has 0 unspecified atom stereocenters. The predicted octanol–water partition coefficient (Wildman–Crippen LogP) is 4.27. The Hall–Kier alpha value is -3.01. The zero-order valence-electron chi connectivity index (χ0n) is 16.0. The van der Waals surface area contributed by atoms with Gasteiger partial charge >= 0.3 is 0 Å². The maximum absolute atomic E-state index is 14.0. The van der Waals surface area contributed by atoms with Crippen LogP contribution in [0.1, 0.15) is 27.6 Å². The Morgan fingerprint density at radius 3 is 1.83 bits per heavy atom. The normalized spacial score (nSPS) is 13.8. The Kier molecular flexibility index (Phi) is 6.76. The first-order valence-corrected chi connectivity index (χ1v) is 11.0. The Morgan fingerprint density at radius 1 is 0.828 bits per heavy atom. The first-order valence-electron chi connectivity index (χ1n) is 9.31. The summed E-state index contributed by atoms with van der Waals surface area (Å²) in [4.78, 5) is 26.2. The van der Waals surface area contributed by atoms with Gasteiger partial charge in [0, 0.05) is 16.4 Å². The summed E-state index contributed by atoms with van der Waals surface area (Å²) in [5.74, 6) is -2.30. The lowest BCUT2D eigenvalue weighted by Crippen LogP contribution is -2.43. The summed E-state index contributed by atoms with van der Waals surface area (Å²) in [6, 6.07) is 25.5. The highest BCUT2D eigenvalue weighted by Crippen LogP contribution is 2.50. The van der Waals surface area contributed by atoms with Gasteiger partial charge < -0.3 is 9.84 Å². The molecule has 29 heavy (non-hydrogen) atoms. The molecule has 3 aromatic carbocycles. The van der Waals surface area contributed by atoms with Gasteiger partial charge in [0.2, 0.25) is 0 Å². The van der Waals surface area contributed by atoms with Gasteiger partial charge in [-0.15, -0.1) is 0 Å². The standard InChI is InChI=1S/C23H22NO4P/c1-2-28-29(27,20-16-10-5-11-17-20)23(21(25)18-12-6-3-7-13-18)24-22(26)19-14-8-4-9-15-19/h3-17,23H,2H2,1H3,(H,24,26)/t23-,29-/m1/s1. The molecule has 0 fully saturated rings. The van der Waals surface area contributed by atoms with Crippen LogP contribution in [0.15, 0.2) is 91.0 Å². The van der Waals surface area contributed by atoms with E-state index in [0.717, 1.165) is 0 Å². The number of amides is 1. The summed E-state index contributed by atoms with van der Waals surface area (Å²) in [6.07, 6.45) is 0. The maximum atomic E-state index is 14.0. The van der Waals surface area contributed by atoms with Gasteiger partial charge in [-0.1, -0.05) is 66.7 Å². The van der Waals surface area contributed by atoms with E-state index < -0.39 is 24.8 Å². The van der Waals surface area contributed by atoms with E-state index in [0.29, 0.717) is 16.4 Å². The lowest BCUT2D eigenvalue weighted by atomic mass is 10.1. The van der Waals surface area contributed by atoms with Gasteiger partial charge in [0.05, 0.1) is 6.61 Å².